The summed E-state index contributed by atoms with van der Waals surface area (Å²) in [5.41, 5.74) is 0.808. The van der Waals surface area contributed by atoms with E-state index in [0.29, 0.717) is 6.54 Å². The first-order chi connectivity index (χ1) is 9.57. The van der Waals surface area contributed by atoms with Crippen LogP contribution in [0, 0.1) is 0 Å². The van der Waals surface area contributed by atoms with Gasteiger partial charge >= 0.3 is 6.18 Å². The molecule has 0 saturated heterocycles. The highest BCUT2D eigenvalue weighted by molar-refractivity contribution is 5.29. The van der Waals surface area contributed by atoms with Crippen LogP contribution in [0.5, 0.6) is 0 Å². The highest BCUT2D eigenvalue weighted by atomic mass is 19.4. The molecule has 0 unspecified atom stereocenters. The Hall–Kier alpha value is -1.88. The van der Waals surface area contributed by atoms with E-state index in [1.54, 1.807) is 18.5 Å². The maximum Gasteiger partial charge on any atom is 0.416 e. The molecule has 2 aromatic rings. The molecule has 1 N–H and O–H groups in total. The predicted octanol–water partition coefficient (Wildman–Crippen LogP) is 3.43. The van der Waals surface area contributed by atoms with Gasteiger partial charge in [-0.2, -0.15) is 13.2 Å². The van der Waals surface area contributed by atoms with Crippen molar-refractivity contribution in [1.82, 2.24) is 10.3 Å². The van der Waals surface area contributed by atoms with Gasteiger partial charge in [0.05, 0.1) is 5.56 Å². The largest absolute Gasteiger partial charge is 0.416 e. The van der Waals surface area contributed by atoms with Gasteiger partial charge in [0.2, 0.25) is 0 Å². The first-order valence-electron chi connectivity index (χ1n) is 6.32. The Morgan fingerprint density at radius 2 is 1.70 bits per heavy atom. The van der Waals surface area contributed by atoms with Gasteiger partial charge in [0.15, 0.2) is 0 Å². The minimum Gasteiger partial charge on any atom is -0.312 e. The number of rotatable bonds is 5. The number of halogens is 3. The van der Waals surface area contributed by atoms with Gasteiger partial charge < -0.3 is 5.32 Å². The van der Waals surface area contributed by atoms with Crippen molar-refractivity contribution in [3.63, 3.8) is 0 Å². The van der Waals surface area contributed by atoms with Crippen molar-refractivity contribution in [2.24, 2.45) is 0 Å². The molecule has 0 radical (unpaired) electrons. The van der Waals surface area contributed by atoms with Crippen LogP contribution in [-0.4, -0.2) is 11.5 Å². The molecule has 0 aliphatic rings. The predicted molar refractivity (Wildman–Crippen MR) is 71.1 cm³/mol. The van der Waals surface area contributed by atoms with Gasteiger partial charge in [0.25, 0.3) is 0 Å². The lowest BCUT2D eigenvalue weighted by atomic mass is 10.1. The van der Waals surface area contributed by atoms with Crippen LogP contribution in [0.15, 0.2) is 48.8 Å². The van der Waals surface area contributed by atoms with Gasteiger partial charge in [0, 0.05) is 18.9 Å². The molecule has 0 atom stereocenters. The van der Waals surface area contributed by atoms with Gasteiger partial charge in [-0.3, -0.25) is 4.98 Å². The number of hydrogen-bond acceptors (Lipinski definition) is 2. The van der Waals surface area contributed by atoms with E-state index < -0.39 is 11.7 Å². The second kappa shape index (κ2) is 6.52. The molecule has 2 nitrogen and oxygen atoms in total. The molecule has 5 heteroatoms. The smallest absolute Gasteiger partial charge is 0.312 e. The fourth-order valence-electron chi connectivity index (χ4n) is 1.96. The van der Waals surface area contributed by atoms with E-state index in [9.17, 15) is 13.2 Å². The van der Waals surface area contributed by atoms with E-state index in [4.69, 9.17) is 0 Å². The molecule has 2 rings (SSSR count). The molecule has 0 fully saturated rings. The molecule has 106 valence electrons. The summed E-state index contributed by atoms with van der Waals surface area (Å²) in [4.78, 5) is 3.91. The molecule has 0 aliphatic carbocycles. The number of hydrogen-bond donors (Lipinski definition) is 1. The maximum absolute atomic E-state index is 12.8. The van der Waals surface area contributed by atoms with Crippen molar-refractivity contribution < 1.29 is 13.2 Å². The second-order valence-corrected chi connectivity index (χ2v) is 4.44. The standard InChI is InChI=1S/C15H15F3N2/c16-15(17,18)14-4-2-1-3-13(14)11-20-10-7-12-5-8-19-9-6-12/h1-6,8-9,20H,7,10-11H2. The van der Waals surface area contributed by atoms with Crippen molar-refractivity contribution in [2.75, 3.05) is 6.54 Å². The molecular weight excluding hydrogens is 265 g/mol. The highest BCUT2D eigenvalue weighted by Crippen LogP contribution is 2.31. The Kier molecular flexibility index (Phi) is 4.74. The lowest BCUT2D eigenvalue weighted by molar-refractivity contribution is -0.138. The molecule has 0 aliphatic heterocycles. The first kappa shape index (κ1) is 14.5. The van der Waals surface area contributed by atoms with Crippen LogP contribution in [0.25, 0.3) is 0 Å². The van der Waals surface area contributed by atoms with Crippen molar-refractivity contribution in [3.05, 3.63) is 65.5 Å². The Balaban J connectivity index is 1.89. The van der Waals surface area contributed by atoms with Crippen molar-refractivity contribution in [3.8, 4) is 0 Å². The van der Waals surface area contributed by atoms with E-state index in [-0.39, 0.29) is 12.1 Å². The molecule has 0 spiro atoms. The lowest BCUT2D eigenvalue weighted by Crippen LogP contribution is -2.19. The molecule has 0 saturated carbocycles. The number of nitrogens with one attached hydrogen (secondary N) is 1. The molecule has 0 bridgehead atoms. The third-order valence-corrected chi connectivity index (χ3v) is 2.98. The summed E-state index contributed by atoms with van der Waals surface area (Å²) in [6, 6.07) is 9.43. The third kappa shape index (κ3) is 4.06. The summed E-state index contributed by atoms with van der Waals surface area (Å²) in [7, 11) is 0. The minimum absolute atomic E-state index is 0.209. The Morgan fingerprint density at radius 3 is 2.40 bits per heavy atom. The summed E-state index contributed by atoms with van der Waals surface area (Å²) in [5.74, 6) is 0. The Labute approximate surface area is 115 Å². The number of benzene rings is 1. The quantitative estimate of drug-likeness (QED) is 0.849. The topological polar surface area (TPSA) is 24.9 Å². The normalized spacial score (nSPS) is 11.6. The van der Waals surface area contributed by atoms with Gasteiger partial charge in [-0.1, -0.05) is 18.2 Å². The molecule has 20 heavy (non-hydrogen) atoms. The van der Waals surface area contributed by atoms with Gasteiger partial charge in [-0.25, -0.2) is 0 Å². The minimum atomic E-state index is -4.30. The average Bonchev–Trinajstić information content (AvgIpc) is 2.44. The van der Waals surface area contributed by atoms with Crippen LogP contribution < -0.4 is 5.32 Å². The van der Waals surface area contributed by atoms with Crippen LogP contribution in [0.1, 0.15) is 16.7 Å². The fraction of sp³-hybridized carbons (Fsp3) is 0.267. The van der Waals surface area contributed by atoms with Crippen LogP contribution >= 0.6 is 0 Å². The maximum atomic E-state index is 12.8. The molecular formula is C15H15F3N2. The van der Waals surface area contributed by atoms with E-state index >= 15 is 0 Å². The number of nitrogens with zero attached hydrogens (tertiary/aromatic N) is 1. The third-order valence-electron chi connectivity index (χ3n) is 2.98. The zero-order valence-electron chi connectivity index (χ0n) is 10.8. The summed E-state index contributed by atoms with van der Waals surface area (Å²) in [5, 5.41) is 3.04. The number of pyridine rings is 1. The zero-order chi connectivity index (χ0) is 14.4. The van der Waals surface area contributed by atoms with Crippen LogP contribution in [0.2, 0.25) is 0 Å². The fourth-order valence-corrected chi connectivity index (χ4v) is 1.96. The van der Waals surface area contributed by atoms with Crippen molar-refractivity contribution in [2.45, 2.75) is 19.1 Å². The lowest BCUT2D eigenvalue weighted by Gasteiger charge is -2.13. The van der Waals surface area contributed by atoms with Crippen molar-refractivity contribution in [1.29, 1.82) is 0 Å². The van der Waals surface area contributed by atoms with E-state index in [0.717, 1.165) is 18.1 Å². The SMILES string of the molecule is FC(F)(F)c1ccccc1CNCCc1ccncc1. The summed E-state index contributed by atoms with van der Waals surface area (Å²) in [6.45, 7) is 0.830. The van der Waals surface area contributed by atoms with Gasteiger partial charge in [-0.15, -0.1) is 0 Å². The van der Waals surface area contributed by atoms with Crippen molar-refractivity contribution >= 4 is 0 Å². The average molecular weight is 280 g/mol. The second-order valence-electron chi connectivity index (χ2n) is 4.44. The summed E-state index contributed by atoms with van der Waals surface area (Å²) < 4.78 is 38.4. The van der Waals surface area contributed by atoms with E-state index in [1.807, 2.05) is 12.1 Å². The number of aromatic nitrogens is 1. The molecule has 1 aromatic carbocycles. The first-order valence-corrected chi connectivity index (χ1v) is 6.32. The Bertz CT molecular complexity index is 538. The molecule has 1 aromatic heterocycles. The van der Waals surface area contributed by atoms with Gasteiger partial charge in [0.1, 0.15) is 0 Å². The summed E-state index contributed by atoms with van der Waals surface area (Å²) >= 11 is 0. The zero-order valence-corrected chi connectivity index (χ0v) is 10.8. The molecule has 0 amide bonds. The Morgan fingerprint density at radius 1 is 1.00 bits per heavy atom. The van der Waals surface area contributed by atoms with E-state index in [1.165, 1.54) is 12.1 Å². The van der Waals surface area contributed by atoms with Crippen LogP contribution in [0.4, 0.5) is 13.2 Å². The van der Waals surface area contributed by atoms with Crippen LogP contribution in [-0.2, 0) is 19.1 Å². The molecule has 1 heterocycles. The summed E-state index contributed by atoms with van der Waals surface area (Å²) in [6.07, 6.45) is -0.136. The van der Waals surface area contributed by atoms with E-state index in [2.05, 4.69) is 10.3 Å². The van der Waals surface area contributed by atoms with Gasteiger partial charge in [-0.05, 0) is 42.3 Å². The monoisotopic (exact) mass is 280 g/mol. The highest BCUT2D eigenvalue weighted by Gasteiger charge is 2.32. The van der Waals surface area contributed by atoms with Crippen LogP contribution in [0.3, 0.4) is 0 Å². The number of alkyl halides is 3.